The molecule has 164 valence electrons. The van der Waals surface area contributed by atoms with E-state index in [0.717, 1.165) is 29.9 Å². The molecule has 0 aliphatic carbocycles. The van der Waals surface area contributed by atoms with Crippen molar-refractivity contribution >= 4 is 17.4 Å². The maximum Gasteiger partial charge on any atom is 0.251 e. The van der Waals surface area contributed by atoms with Gasteiger partial charge < -0.3 is 15.4 Å². The second kappa shape index (κ2) is 9.38. The lowest BCUT2D eigenvalue weighted by atomic mass is 9.85. The molecule has 0 fully saturated rings. The number of amides is 1. The van der Waals surface area contributed by atoms with Crippen LogP contribution in [0.4, 0.5) is 0 Å². The minimum Gasteiger partial charge on any atom is -0.497 e. The molecule has 0 saturated heterocycles. The predicted molar refractivity (Wildman–Crippen MR) is 124 cm³/mol. The highest BCUT2D eigenvalue weighted by molar-refractivity contribution is 6.09. The van der Waals surface area contributed by atoms with E-state index >= 15 is 0 Å². The van der Waals surface area contributed by atoms with E-state index in [2.05, 4.69) is 44.4 Å². The van der Waals surface area contributed by atoms with Gasteiger partial charge in [0.05, 0.1) is 7.11 Å². The monoisotopic (exact) mass is 420 g/mol. The third-order valence-electron chi connectivity index (χ3n) is 5.43. The molecular weight excluding hydrogens is 388 g/mol. The highest BCUT2D eigenvalue weighted by Gasteiger charge is 2.28. The number of nitrogens with one attached hydrogen (secondary N) is 2. The van der Waals surface area contributed by atoms with E-state index in [9.17, 15) is 9.59 Å². The SMILES string of the molecule is COc1ccc2c(c1)/C(=C/C(=O)c1ccc(C(=O)NCCC(C)C)cc1)NC(C)(C)C2. The number of hydrogen-bond donors (Lipinski definition) is 2. The Hall–Kier alpha value is -3.08. The molecule has 1 aliphatic rings. The highest BCUT2D eigenvalue weighted by Crippen LogP contribution is 2.32. The summed E-state index contributed by atoms with van der Waals surface area (Å²) in [4.78, 5) is 25.2. The number of carbonyl (C=O) groups is 2. The van der Waals surface area contributed by atoms with E-state index in [1.807, 2.05) is 12.1 Å². The first kappa shape index (κ1) is 22.6. The molecule has 2 aromatic carbocycles. The molecule has 5 heteroatoms. The van der Waals surface area contributed by atoms with Crippen LogP contribution >= 0.6 is 0 Å². The van der Waals surface area contributed by atoms with Crippen molar-refractivity contribution < 1.29 is 14.3 Å². The van der Waals surface area contributed by atoms with E-state index < -0.39 is 0 Å². The minimum absolute atomic E-state index is 0.110. The average molecular weight is 421 g/mol. The van der Waals surface area contributed by atoms with E-state index in [4.69, 9.17) is 4.74 Å². The minimum atomic E-state index is -0.161. The van der Waals surface area contributed by atoms with Gasteiger partial charge in [0.1, 0.15) is 5.75 Å². The summed E-state index contributed by atoms with van der Waals surface area (Å²) in [5.41, 5.74) is 3.88. The van der Waals surface area contributed by atoms with E-state index in [0.29, 0.717) is 23.6 Å². The first-order valence-corrected chi connectivity index (χ1v) is 10.8. The lowest BCUT2D eigenvalue weighted by Gasteiger charge is -2.35. The van der Waals surface area contributed by atoms with Gasteiger partial charge in [-0.1, -0.05) is 32.0 Å². The number of allylic oxidation sites excluding steroid dienone is 1. The van der Waals surface area contributed by atoms with Crippen molar-refractivity contribution in [2.45, 2.75) is 46.1 Å². The van der Waals surface area contributed by atoms with Crippen molar-refractivity contribution in [1.29, 1.82) is 0 Å². The predicted octanol–water partition coefficient (Wildman–Crippen LogP) is 4.62. The van der Waals surface area contributed by atoms with Gasteiger partial charge >= 0.3 is 0 Å². The van der Waals surface area contributed by atoms with Gasteiger partial charge in [-0.3, -0.25) is 9.59 Å². The van der Waals surface area contributed by atoms with E-state index in [1.165, 1.54) is 5.56 Å². The fourth-order valence-corrected chi connectivity index (χ4v) is 3.73. The van der Waals surface area contributed by atoms with Crippen molar-refractivity contribution in [3.8, 4) is 5.75 Å². The molecule has 0 spiro atoms. The van der Waals surface area contributed by atoms with Gasteiger partial charge in [-0.25, -0.2) is 0 Å². The zero-order valence-corrected chi connectivity index (χ0v) is 19.0. The number of benzene rings is 2. The van der Waals surface area contributed by atoms with Crippen LogP contribution < -0.4 is 15.4 Å². The molecule has 0 bridgehead atoms. The van der Waals surface area contributed by atoms with Gasteiger partial charge in [0.2, 0.25) is 0 Å². The third-order valence-corrected chi connectivity index (χ3v) is 5.43. The van der Waals surface area contributed by atoms with Crippen molar-refractivity contribution in [2.75, 3.05) is 13.7 Å². The van der Waals surface area contributed by atoms with Crippen LogP contribution in [0, 0.1) is 5.92 Å². The Kier molecular flexibility index (Phi) is 6.84. The van der Waals surface area contributed by atoms with Gasteiger partial charge in [0, 0.05) is 40.5 Å². The third kappa shape index (κ3) is 5.75. The molecule has 1 amide bonds. The summed E-state index contributed by atoms with van der Waals surface area (Å²) < 4.78 is 5.37. The van der Waals surface area contributed by atoms with Crippen LogP contribution in [0.15, 0.2) is 48.5 Å². The number of rotatable bonds is 7. The topological polar surface area (TPSA) is 67.4 Å². The second-order valence-electron chi connectivity index (χ2n) is 9.15. The molecule has 1 heterocycles. The van der Waals surface area contributed by atoms with Crippen molar-refractivity contribution in [2.24, 2.45) is 5.92 Å². The summed E-state index contributed by atoms with van der Waals surface area (Å²) in [7, 11) is 1.64. The molecule has 0 radical (unpaired) electrons. The van der Waals surface area contributed by atoms with E-state index in [-0.39, 0.29) is 17.2 Å². The highest BCUT2D eigenvalue weighted by atomic mass is 16.5. The van der Waals surface area contributed by atoms with Crippen molar-refractivity contribution in [3.05, 3.63) is 70.8 Å². The van der Waals surface area contributed by atoms with Crippen molar-refractivity contribution in [3.63, 3.8) is 0 Å². The smallest absolute Gasteiger partial charge is 0.251 e. The standard InChI is InChI=1S/C26H32N2O3/c1-17(2)12-13-27-25(30)19-8-6-18(7-9-19)24(29)15-23-22-14-21(31-5)11-10-20(22)16-26(3,4)28-23/h6-11,14-15,17,28H,12-13,16H2,1-5H3,(H,27,30)/b23-15-. The first-order valence-electron chi connectivity index (χ1n) is 10.8. The normalized spacial score (nSPS) is 15.9. The molecule has 5 nitrogen and oxygen atoms in total. The van der Waals surface area contributed by atoms with Crippen LogP contribution in [0.25, 0.3) is 5.70 Å². The molecule has 1 aliphatic heterocycles. The molecule has 2 aromatic rings. The summed E-state index contributed by atoms with van der Waals surface area (Å²) in [5.74, 6) is 1.07. The van der Waals surface area contributed by atoms with Gasteiger partial charge in [-0.15, -0.1) is 0 Å². The lowest BCUT2D eigenvalue weighted by Crippen LogP contribution is -2.43. The number of carbonyl (C=O) groups excluding carboxylic acids is 2. The van der Waals surface area contributed by atoms with E-state index in [1.54, 1.807) is 37.5 Å². The molecule has 0 aromatic heterocycles. The Morgan fingerprint density at radius 2 is 1.81 bits per heavy atom. The van der Waals surface area contributed by atoms with Crippen LogP contribution in [0.3, 0.4) is 0 Å². The molecule has 3 rings (SSSR count). The lowest BCUT2D eigenvalue weighted by molar-refractivity contribution is 0.0950. The van der Waals surface area contributed by atoms with Gasteiger partial charge in [-0.2, -0.15) is 0 Å². The molecule has 31 heavy (non-hydrogen) atoms. The summed E-state index contributed by atoms with van der Waals surface area (Å²) >= 11 is 0. The Balaban J connectivity index is 1.79. The fourth-order valence-electron chi connectivity index (χ4n) is 3.73. The Morgan fingerprint density at radius 3 is 2.45 bits per heavy atom. The Bertz CT molecular complexity index is 988. The van der Waals surface area contributed by atoms with Crippen LogP contribution in [0.5, 0.6) is 5.75 Å². The fraction of sp³-hybridized carbons (Fsp3) is 0.385. The molecule has 0 unspecified atom stereocenters. The molecular formula is C26H32N2O3. The summed E-state index contributed by atoms with van der Waals surface area (Å²) in [6, 6.07) is 12.8. The van der Waals surface area contributed by atoms with Crippen LogP contribution in [0.2, 0.25) is 0 Å². The zero-order chi connectivity index (χ0) is 22.6. The second-order valence-corrected chi connectivity index (χ2v) is 9.15. The van der Waals surface area contributed by atoms with Gasteiger partial charge in [0.25, 0.3) is 5.91 Å². The van der Waals surface area contributed by atoms with Gasteiger partial charge in [0.15, 0.2) is 5.78 Å². The zero-order valence-electron chi connectivity index (χ0n) is 19.0. The maximum atomic E-state index is 13.0. The largest absolute Gasteiger partial charge is 0.497 e. The summed E-state index contributed by atoms with van der Waals surface area (Å²) in [6.07, 6.45) is 3.43. The molecule has 0 atom stereocenters. The van der Waals surface area contributed by atoms with Crippen molar-refractivity contribution in [1.82, 2.24) is 10.6 Å². The number of methoxy groups -OCH3 is 1. The number of fused-ring (bicyclic) bond motifs is 1. The molecule has 2 N–H and O–H groups in total. The number of hydrogen-bond acceptors (Lipinski definition) is 4. The summed E-state index contributed by atoms with van der Waals surface area (Å²) in [6.45, 7) is 9.12. The van der Waals surface area contributed by atoms with Crippen LogP contribution in [-0.4, -0.2) is 30.9 Å². The maximum absolute atomic E-state index is 13.0. The number of ketones is 1. The number of ether oxygens (including phenoxy) is 1. The Morgan fingerprint density at radius 1 is 1.13 bits per heavy atom. The van der Waals surface area contributed by atoms with Crippen LogP contribution in [-0.2, 0) is 6.42 Å². The van der Waals surface area contributed by atoms with Crippen LogP contribution in [0.1, 0.15) is 66.0 Å². The molecule has 0 saturated carbocycles. The average Bonchev–Trinajstić information content (AvgIpc) is 2.72. The summed E-state index contributed by atoms with van der Waals surface area (Å²) in [5, 5.41) is 6.40. The quantitative estimate of drug-likeness (QED) is 0.507. The van der Waals surface area contributed by atoms with Gasteiger partial charge in [-0.05, 0) is 62.4 Å². The Labute approximate surface area is 184 Å². The first-order chi connectivity index (χ1) is 14.7.